The summed E-state index contributed by atoms with van der Waals surface area (Å²) in [5.74, 6) is -2.50. The lowest BCUT2D eigenvalue weighted by Gasteiger charge is -2.32. The number of hydrogen-bond acceptors (Lipinski definition) is 1. The first-order valence-corrected chi connectivity index (χ1v) is 4.29. The van der Waals surface area contributed by atoms with Gasteiger partial charge in [-0.2, -0.15) is 0 Å². The number of hydrogen-bond donors (Lipinski definition) is 1. The lowest BCUT2D eigenvalue weighted by atomic mass is 9.79. The van der Waals surface area contributed by atoms with Crippen LogP contribution in [0.2, 0.25) is 0 Å². The lowest BCUT2D eigenvalue weighted by Crippen LogP contribution is -2.37. The van der Waals surface area contributed by atoms with Gasteiger partial charge in [-0.3, -0.25) is 0 Å². The Hall–Kier alpha value is -0.180. The maximum Gasteiger partial charge on any atom is 0.252 e. The van der Waals surface area contributed by atoms with Crippen LogP contribution in [0.3, 0.4) is 0 Å². The van der Waals surface area contributed by atoms with Crippen LogP contribution in [-0.2, 0) is 0 Å². The van der Waals surface area contributed by atoms with Crippen LogP contribution in [0.25, 0.3) is 0 Å². The van der Waals surface area contributed by atoms with Gasteiger partial charge in [-0.1, -0.05) is 0 Å². The molecule has 2 aliphatic rings. The molecule has 1 aliphatic heterocycles. The fourth-order valence-electron chi connectivity index (χ4n) is 2.32. The fourth-order valence-corrected chi connectivity index (χ4v) is 2.32. The summed E-state index contributed by atoms with van der Waals surface area (Å²) in [4.78, 5) is 0. The summed E-state index contributed by atoms with van der Waals surface area (Å²) in [7, 11) is 0. The minimum Gasteiger partial charge on any atom is -0.316 e. The van der Waals surface area contributed by atoms with E-state index in [2.05, 4.69) is 5.32 Å². The van der Waals surface area contributed by atoms with Crippen LogP contribution < -0.4 is 5.32 Å². The van der Waals surface area contributed by atoms with Crippen molar-refractivity contribution in [3.63, 3.8) is 0 Å². The van der Waals surface area contributed by atoms with Gasteiger partial charge in [0.2, 0.25) is 0 Å². The van der Waals surface area contributed by atoms with E-state index in [1.807, 2.05) is 0 Å². The van der Waals surface area contributed by atoms with Crippen molar-refractivity contribution in [1.29, 1.82) is 0 Å². The van der Waals surface area contributed by atoms with Gasteiger partial charge in [0.15, 0.2) is 0 Å². The molecule has 64 valence electrons. The molecule has 1 heterocycles. The number of fused-ring (bicyclic) bond motifs is 1. The predicted octanol–water partition coefficient (Wildman–Crippen LogP) is 1.64. The first kappa shape index (κ1) is 7.47. The average molecular weight is 161 g/mol. The Morgan fingerprint density at radius 3 is 2.82 bits per heavy atom. The van der Waals surface area contributed by atoms with Crippen LogP contribution in [0.1, 0.15) is 19.3 Å². The molecule has 2 fully saturated rings. The summed E-state index contributed by atoms with van der Waals surface area (Å²) in [6.07, 6.45) is 1.80. The second-order valence-electron chi connectivity index (χ2n) is 3.68. The summed E-state index contributed by atoms with van der Waals surface area (Å²) >= 11 is 0. The second-order valence-corrected chi connectivity index (χ2v) is 3.68. The summed E-state index contributed by atoms with van der Waals surface area (Å²) in [6, 6.07) is 0. The molecule has 0 aromatic carbocycles. The van der Waals surface area contributed by atoms with Gasteiger partial charge in [0, 0.05) is 18.9 Å². The molecule has 1 saturated carbocycles. The summed E-state index contributed by atoms with van der Waals surface area (Å²) in [5.41, 5.74) is 0. The van der Waals surface area contributed by atoms with Crippen molar-refractivity contribution in [1.82, 2.24) is 5.32 Å². The van der Waals surface area contributed by atoms with E-state index >= 15 is 0 Å². The lowest BCUT2D eigenvalue weighted by molar-refractivity contribution is -0.0932. The summed E-state index contributed by atoms with van der Waals surface area (Å²) < 4.78 is 26.2. The molecular formula is C8H13F2N. The maximum atomic E-state index is 13.1. The third-order valence-corrected chi connectivity index (χ3v) is 2.97. The molecule has 0 bridgehead atoms. The molecule has 1 nitrogen and oxygen atoms in total. The molecule has 0 spiro atoms. The molecule has 3 heteroatoms. The molecule has 0 aromatic rings. The predicted molar refractivity (Wildman–Crippen MR) is 38.6 cm³/mol. The van der Waals surface area contributed by atoms with E-state index < -0.39 is 5.92 Å². The van der Waals surface area contributed by atoms with Crippen molar-refractivity contribution in [2.24, 2.45) is 11.8 Å². The van der Waals surface area contributed by atoms with Crippen molar-refractivity contribution in [2.75, 3.05) is 13.1 Å². The van der Waals surface area contributed by atoms with Gasteiger partial charge in [-0.05, 0) is 25.3 Å². The van der Waals surface area contributed by atoms with Gasteiger partial charge in [-0.25, -0.2) is 8.78 Å². The number of nitrogens with one attached hydrogen (secondary N) is 1. The molecule has 0 aromatic heterocycles. The minimum atomic E-state index is -2.38. The molecule has 2 rings (SSSR count). The largest absolute Gasteiger partial charge is 0.316 e. The van der Waals surface area contributed by atoms with E-state index in [1.165, 1.54) is 0 Å². The van der Waals surface area contributed by atoms with Crippen LogP contribution in [-0.4, -0.2) is 19.0 Å². The monoisotopic (exact) mass is 161 g/mol. The second kappa shape index (κ2) is 2.41. The molecule has 1 aliphatic carbocycles. The van der Waals surface area contributed by atoms with Gasteiger partial charge in [-0.15, -0.1) is 0 Å². The van der Waals surface area contributed by atoms with E-state index in [0.717, 1.165) is 13.0 Å². The highest BCUT2D eigenvalue weighted by molar-refractivity contribution is 4.93. The van der Waals surface area contributed by atoms with Crippen molar-refractivity contribution in [2.45, 2.75) is 25.2 Å². The van der Waals surface area contributed by atoms with Crippen LogP contribution in [0, 0.1) is 11.8 Å². The third kappa shape index (κ3) is 1.15. The number of alkyl halides is 2. The van der Waals surface area contributed by atoms with Gasteiger partial charge in [0.1, 0.15) is 0 Å². The third-order valence-electron chi connectivity index (χ3n) is 2.97. The molecule has 2 unspecified atom stereocenters. The number of rotatable bonds is 0. The van der Waals surface area contributed by atoms with E-state index in [4.69, 9.17) is 0 Å². The Bertz CT molecular complexity index is 158. The highest BCUT2D eigenvalue weighted by Gasteiger charge is 2.48. The minimum absolute atomic E-state index is 0.107. The van der Waals surface area contributed by atoms with Crippen molar-refractivity contribution in [3.05, 3.63) is 0 Å². The van der Waals surface area contributed by atoms with Gasteiger partial charge in [0.25, 0.3) is 5.92 Å². The Labute approximate surface area is 65.2 Å². The zero-order chi connectivity index (χ0) is 7.90. The smallest absolute Gasteiger partial charge is 0.252 e. The summed E-state index contributed by atoms with van der Waals surface area (Å²) in [6.45, 7) is 1.33. The van der Waals surface area contributed by atoms with E-state index in [9.17, 15) is 8.78 Å². The zero-order valence-electron chi connectivity index (χ0n) is 6.45. The molecule has 11 heavy (non-hydrogen) atoms. The van der Waals surface area contributed by atoms with Crippen LogP contribution in [0.15, 0.2) is 0 Å². The van der Waals surface area contributed by atoms with Crippen LogP contribution in [0.4, 0.5) is 8.78 Å². The van der Waals surface area contributed by atoms with E-state index in [0.29, 0.717) is 13.0 Å². The Morgan fingerprint density at radius 2 is 2.09 bits per heavy atom. The first-order chi connectivity index (χ1) is 5.20. The van der Waals surface area contributed by atoms with Crippen LogP contribution >= 0.6 is 0 Å². The number of halogens is 2. The first-order valence-electron chi connectivity index (χ1n) is 4.29. The Morgan fingerprint density at radius 1 is 1.27 bits per heavy atom. The molecular weight excluding hydrogens is 148 g/mol. The van der Waals surface area contributed by atoms with E-state index in [1.54, 1.807) is 0 Å². The molecule has 1 N–H and O–H groups in total. The van der Waals surface area contributed by atoms with Crippen LogP contribution in [0.5, 0.6) is 0 Å². The summed E-state index contributed by atoms with van der Waals surface area (Å²) in [5, 5.41) is 3.04. The fraction of sp³-hybridized carbons (Fsp3) is 1.00. The molecule has 0 radical (unpaired) electrons. The Kier molecular flexibility index (Phi) is 1.63. The highest BCUT2D eigenvalue weighted by atomic mass is 19.3. The molecule has 1 saturated heterocycles. The maximum absolute atomic E-state index is 13.1. The zero-order valence-corrected chi connectivity index (χ0v) is 6.45. The molecule has 2 atom stereocenters. The van der Waals surface area contributed by atoms with Gasteiger partial charge >= 0.3 is 0 Å². The van der Waals surface area contributed by atoms with Crippen molar-refractivity contribution in [3.8, 4) is 0 Å². The quantitative estimate of drug-likeness (QED) is 0.569. The van der Waals surface area contributed by atoms with E-state index in [-0.39, 0.29) is 18.3 Å². The average Bonchev–Trinajstić information content (AvgIpc) is 2.34. The standard InChI is InChI=1S/C8H13F2N/c9-8(10)3-1-2-6-4-11-5-7(6)8/h6-7,11H,1-5H2. The SMILES string of the molecule is FC1(F)CCCC2CNCC21. The Balaban J connectivity index is 2.13. The normalized spacial score (nSPS) is 42.0. The van der Waals surface area contributed by atoms with Crippen molar-refractivity contribution >= 4 is 0 Å². The molecule has 0 amide bonds. The van der Waals surface area contributed by atoms with Crippen molar-refractivity contribution < 1.29 is 8.78 Å². The topological polar surface area (TPSA) is 12.0 Å². The van der Waals surface area contributed by atoms with Gasteiger partial charge in [0.05, 0.1) is 0 Å². The highest BCUT2D eigenvalue weighted by Crippen LogP contribution is 2.43. The van der Waals surface area contributed by atoms with Gasteiger partial charge < -0.3 is 5.32 Å².